The van der Waals surface area contributed by atoms with Crippen LogP contribution in [0.3, 0.4) is 0 Å². The SMILES string of the molecule is Cc1ccc(/C=C2\Oc3c(ccc(O)c3CN3CCN(c4ccccc4F)CC3)C2=O)o1. The monoisotopic (exact) mass is 434 g/mol. The maximum Gasteiger partial charge on any atom is 0.232 e. The number of para-hydroxylation sites is 1. The van der Waals surface area contributed by atoms with Crippen molar-refractivity contribution in [3.63, 3.8) is 0 Å². The molecule has 5 rings (SSSR count). The van der Waals surface area contributed by atoms with Crippen LogP contribution in [0.2, 0.25) is 0 Å². The van der Waals surface area contributed by atoms with Crippen molar-refractivity contribution in [3.05, 3.63) is 82.8 Å². The first-order valence-corrected chi connectivity index (χ1v) is 10.6. The van der Waals surface area contributed by atoms with Crippen LogP contribution >= 0.6 is 0 Å². The fraction of sp³-hybridized carbons (Fsp3) is 0.240. The lowest BCUT2D eigenvalue weighted by Crippen LogP contribution is -2.46. The van der Waals surface area contributed by atoms with Gasteiger partial charge in [-0.3, -0.25) is 9.69 Å². The van der Waals surface area contributed by atoms with Gasteiger partial charge in [-0.05, 0) is 43.3 Å². The number of allylic oxidation sites excluding steroid dienone is 1. The Morgan fingerprint density at radius 2 is 1.84 bits per heavy atom. The predicted octanol–water partition coefficient (Wildman–Crippen LogP) is 4.37. The number of anilines is 1. The van der Waals surface area contributed by atoms with Crippen molar-refractivity contribution in [1.29, 1.82) is 0 Å². The van der Waals surface area contributed by atoms with Crippen LogP contribution in [0, 0.1) is 12.7 Å². The zero-order chi connectivity index (χ0) is 22.2. The van der Waals surface area contributed by atoms with E-state index in [0.29, 0.717) is 61.0 Å². The molecule has 0 spiro atoms. The molecule has 0 radical (unpaired) electrons. The number of aryl methyl sites for hydroxylation is 1. The van der Waals surface area contributed by atoms with Crippen molar-refractivity contribution in [1.82, 2.24) is 4.90 Å². The average Bonchev–Trinajstić information content (AvgIpc) is 3.34. The molecule has 164 valence electrons. The summed E-state index contributed by atoms with van der Waals surface area (Å²) in [6, 6.07) is 13.5. The van der Waals surface area contributed by atoms with Gasteiger partial charge in [0.2, 0.25) is 5.78 Å². The number of Topliss-reactive ketones (excluding diaryl/α,β-unsaturated/α-hetero) is 1. The molecule has 0 amide bonds. The van der Waals surface area contributed by atoms with Gasteiger partial charge in [-0.25, -0.2) is 4.39 Å². The number of aromatic hydroxyl groups is 1. The van der Waals surface area contributed by atoms with Gasteiger partial charge < -0.3 is 19.2 Å². The maximum atomic E-state index is 14.1. The minimum atomic E-state index is -0.236. The Balaban J connectivity index is 1.33. The molecule has 1 fully saturated rings. The maximum absolute atomic E-state index is 14.1. The lowest BCUT2D eigenvalue weighted by Gasteiger charge is -2.36. The summed E-state index contributed by atoms with van der Waals surface area (Å²) in [6.45, 7) is 4.98. The van der Waals surface area contributed by atoms with Crippen LogP contribution in [0.4, 0.5) is 10.1 Å². The quantitative estimate of drug-likeness (QED) is 0.615. The minimum absolute atomic E-state index is 0.0863. The summed E-state index contributed by atoms with van der Waals surface area (Å²) in [6.07, 6.45) is 1.57. The summed E-state index contributed by atoms with van der Waals surface area (Å²) in [5.41, 5.74) is 1.61. The number of rotatable bonds is 4. The number of phenolic OH excluding ortho intramolecular Hbond substituents is 1. The summed E-state index contributed by atoms with van der Waals surface area (Å²) < 4.78 is 25.5. The Morgan fingerprint density at radius 1 is 1.06 bits per heavy atom. The molecule has 0 bridgehead atoms. The summed E-state index contributed by atoms with van der Waals surface area (Å²) in [4.78, 5) is 17.0. The van der Waals surface area contributed by atoms with Crippen molar-refractivity contribution in [3.8, 4) is 11.5 Å². The van der Waals surface area contributed by atoms with E-state index in [1.807, 2.05) is 24.0 Å². The van der Waals surface area contributed by atoms with Crippen LogP contribution in [0.15, 0.2) is 58.7 Å². The molecule has 0 saturated carbocycles. The van der Waals surface area contributed by atoms with Gasteiger partial charge in [0.15, 0.2) is 5.76 Å². The molecule has 2 aliphatic heterocycles. The third-order valence-electron chi connectivity index (χ3n) is 5.90. The standard InChI is InChI=1S/C25H23FN2O4/c1-16-6-7-17(31-16)14-23-24(30)18-8-9-22(29)19(25(18)32-23)15-27-10-12-28(13-11-27)21-5-3-2-4-20(21)26/h2-9,14,29H,10-13,15H2,1H3/b23-14-. The van der Waals surface area contributed by atoms with Gasteiger partial charge in [0.25, 0.3) is 0 Å². The molecule has 32 heavy (non-hydrogen) atoms. The molecule has 6 nitrogen and oxygen atoms in total. The normalized spacial score (nSPS) is 17.6. The topological polar surface area (TPSA) is 66.2 Å². The van der Waals surface area contributed by atoms with Gasteiger partial charge in [-0.1, -0.05) is 12.1 Å². The fourth-order valence-corrected chi connectivity index (χ4v) is 4.19. The van der Waals surface area contributed by atoms with Crippen molar-refractivity contribution < 1.29 is 23.4 Å². The Kier molecular flexibility index (Phi) is 5.19. The van der Waals surface area contributed by atoms with E-state index in [4.69, 9.17) is 9.15 Å². The molecule has 2 aliphatic rings. The van der Waals surface area contributed by atoms with E-state index in [0.717, 1.165) is 5.76 Å². The number of phenols is 1. The highest BCUT2D eigenvalue weighted by atomic mass is 19.1. The van der Waals surface area contributed by atoms with Gasteiger partial charge in [-0.2, -0.15) is 0 Å². The number of hydrogen-bond donors (Lipinski definition) is 1. The zero-order valence-electron chi connectivity index (χ0n) is 17.7. The number of hydrogen-bond acceptors (Lipinski definition) is 6. The Labute approximate surface area is 185 Å². The lowest BCUT2D eigenvalue weighted by molar-refractivity contribution is 0.101. The van der Waals surface area contributed by atoms with E-state index < -0.39 is 0 Å². The van der Waals surface area contributed by atoms with Gasteiger partial charge in [0.05, 0.1) is 16.8 Å². The first-order valence-electron chi connectivity index (χ1n) is 10.6. The second-order valence-electron chi connectivity index (χ2n) is 8.04. The second kappa shape index (κ2) is 8.16. The van der Waals surface area contributed by atoms with Crippen LogP contribution in [0.5, 0.6) is 11.5 Å². The van der Waals surface area contributed by atoms with E-state index in [2.05, 4.69) is 4.90 Å². The zero-order valence-corrected chi connectivity index (χ0v) is 17.7. The first-order chi connectivity index (χ1) is 15.5. The van der Waals surface area contributed by atoms with E-state index >= 15 is 0 Å². The largest absolute Gasteiger partial charge is 0.507 e. The Hall–Kier alpha value is -3.58. The summed E-state index contributed by atoms with van der Waals surface area (Å²) in [5.74, 6) is 1.47. The van der Waals surface area contributed by atoms with Crippen LogP contribution in [0.25, 0.3) is 6.08 Å². The molecule has 1 N–H and O–H groups in total. The van der Waals surface area contributed by atoms with Crippen LogP contribution < -0.4 is 9.64 Å². The summed E-state index contributed by atoms with van der Waals surface area (Å²) in [5, 5.41) is 10.5. The number of benzene rings is 2. The molecule has 2 aromatic carbocycles. The van der Waals surface area contributed by atoms with Crippen LogP contribution in [-0.2, 0) is 6.54 Å². The molecular formula is C25H23FN2O4. The van der Waals surface area contributed by atoms with Crippen molar-refractivity contribution >= 4 is 17.5 Å². The number of carbonyl (C=O) groups is 1. The lowest BCUT2D eigenvalue weighted by atomic mass is 10.0. The molecule has 3 heterocycles. The van der Waals surface area contributed by atoms with E-state index in [9.17, 15) is 14.3 Å². The molecule has 1 aromatic heterocycles. The number of ether oxygens (including phenoxy) is 1. The van der Waals surface area contributed by atoms with Crippen LogP contribution in [0.1, 0.15) is 27.4 Å². The number of piperazine rings is 1. The van der Waals surface area contributed by atoms with Crippen molar-refractivity contribution in [2.24, 2.45) is 0 Å². The molecule has 0 atom stereocenters. The first kappa shape index (κ1) is 20.3. The molecular weight excluding hydrogens is 411 g/mol. The third-order valence-corrected chi connectivity index (χ3v) is 5.90. The Bertz CT molecular complexity index is 1210. The number of nitrogens with zero attached hydrogens (tertiary/aromatic N) is 2. The number of furan rings is 1. The highest BCUT2D eigenvalue weighted by Gasteiger charge is 2.32. The highest BCUT2D eigenvalue weighted by molar-refractivity contribution is 6.14. The minimum Gasteiger partial charge on any atom is -0.507 e. The molecule has 0 unspecified atom stereocenters. The van der Waals surface area contributed by atoms with Gasteiger partial charge in [0.1, 0.15) is 28.8 Å². The second-order valence-corrected chi connectivity index (χ2v) is 8.04. The smallest absolute Gasteiger partial charge is 0.232 e. The van der Waals surface area contributed by atoms with E-state index in [-0.39, 0.29) is 23.1 Å². The van der Waals surface area contributed by atoms with E-state index in [1.54, 1.807) is 30.3 Å². The summed E-state index contributed by atoms with van der Waals surface area (Å²) in [7, 11) is 0. The average molecular weight is 434 g/mol. The molecule has 7 heteroatoms. The van der Waals surface area contributed by atoms with Gasteiger partial charge in [-0.15, -0.1) is 0 Å². The van der Waals surface area contributed by atoms with Gasteiger partial charge >= 0.3 is 0 Å². The Morgan fingerprint density at radius 3 is 2.56 bits per heavy atom. The molecule has 3 aromatic rings. The van der Waals surface area contributed by atoms with Crippen molar-refractivity contribution in [2.45, 2.75) is 13.5 Å². The highest BCUT2D eigenvalue weighted by Crippen LogP contribution is 2.40. The summed E-state index contributed by atoms with van der Waals surface area (Å²) >= 11 is 0. The predicted molar refractivity (Wildman–Crippen MR) is 118 cm³/mol. The molecule has 1 saturated heterocycles. The van der Waals surface area contributed by atoms with Crippen LogP contribution in [-0.4, -0.2) is 42.0 Å². The number of ketones is 1. The molecule has 0 aliphatic carbocycles. The van der Waals surface area contributed by atoms with Gasteiger partial charge in [0, 0.05) is 38.8 Å². The number of halogens is 1. The fourth-order valence-electron chi connectivity index (χ4n) is 4.19. The number of fused-ring (bicyclic) bond motifs is 1. The third kappa shape index (κ3) is 3.76. The number of carbonyl (C=O) groups excluding carboxylic acids is 1. The van der Waals surface area contributed by atoms with E-state index in [1.165, 1.54) is 12.1 Å². The van der Waals surface area contributed by atoms with Crippen molar-refractivity contribution in [2.75, 3.05) is 31.1 Å².